The molecule has 4 nitrogen and oxygen atoms in total. The van der Waals surface area contributed by atoms with Gasteiger partial charge in [0.1, 0.15) is 11.6 Å². The maximum Gasteiger partial charge on any atom is 0.129 e. The van der Waals surface area contributed by atoms with E-state index in [1.54, 1.807) is 4.68 Å². The summed E-state index contributed by atoms with van der Waals surface area (Å²) in [6, 6.07) is 5.30. The van der Waals surface area contributed by atoms with Gasteiger partial charge in [0.25, 0.3) is 0 Å². The molecule has 0 saturated carbocycles. The van der Waals surface area contributed by atoms with Crippen molar-refractivity contribution in [3.63, 3.8) is 0 Å². The Balaban J connectivity index is 2.33. The maximum atomic E-state index is 13.7. The van der Waals surface area contributed by atoms with E-state index in [1.165, 1.54) is 18.2 Å². The summed E-state index contributed by atoms with van der Waals surface area (Å²) in [7, 11) is 0. The van der Waals surface area contributed by atoms with Crippen molar-refractivity contribution >= 4 is 0 Å². The SMILES string of the molecule is CCn1nc(C)cc1C(Cc1c(F)cccc1F)NN. The molecule has 2 aromatic rings. The Bertz CT molecular complexity index is 575. The first-order valence-electron chi connectivity index (χ1n) is 6.50. The summed E-state index contributed by atoms with van der Waals surface area (Å²) in [6.07, 6.45) is 0.125. The molecular formula is C14H18F2N4. The second-order valence-electron chi connectivity index (χ2n) is 4.65. The van der Waals surface area contributed by atoms with E-state index >= 15 is 0 Å². The molecule has 0 radical (unpaired) electrons. The first kappa shape index (κ1) is 14.6. The van der Waals surface area contributed by atoms with Crippen molar-refractivity contribution in [3.8, 4) is 0 Å². The summed E-state index contributed by atoms with van der Waals surface area (Å²) in [4.78, 5) is 0. The van der Waals surface area contributed by atoms with Crippen LogP contribution in [0.3, 0.4) is 0 Å². The zero-order valence-electron chi connectivity index (χ0n) is 11.5. The lowest BCUT2D eigenvalue weighted by Crippen LogP contribution is -2.31. The molecule has 1 atom stereocenters. The third-order valence-electron chi connectivity index (χ3n) is 3.26. The van der Waals surface area contributed by atoms with Crippen LogP contribution in [0, 0.1) is 18.6 Å². The van der Waals surface area contributed by atoms with Crippen molar-refractivity contribution in [2.75, 3.05) is 0 Å². The van der Waals surface area contributed by atoms with Gasteiger partial charge >= 0.3 is 0 Å². The van der Waals surface area contributed by atoms with Crippen LogP contribution in [-0.2, 0) is 13.0 Å². The number of hydrazine groups is 1. The highest BCUT2D eigenvalue weighted by molar-refractivity contribution is 5.23. The lowest BCUT2D eigenvalue weighted by atomic mass is 10.0. The normalized spacial score (nSPS) is 12.7. The Kier molecular flexibility index (Phi) is 4.46. The molecule has 0 bridgehead atoms. The Morgan fingerprint density at radius 3 is 2.55 bits per heavy atom. The molecule has 6 heteroatoms. The molecule has 1 heterocycles. The second-order valence-corrected chi connectivity index (χ2v) is 4.65. The van der Waals surface area contributed by atoms with Gasteiger partial charge in [-0.3, -0.25) is 16.0 Å². The first-order valence-corrected chi connectivity index (χ1v) is 6.50. The van der Waals surface area contributed by atoms with Gasteiger partial charge in [0.05, 0.1) is 17.4 Å². The average Bonchev–Trinajstić information content (AvgIpc) is 2.80. The van der Waals surface area contributed by atoms with Gasteiger partial charge in [-0.05, 0) is 32.0 Å². The number of aromatic nitrogens is 2. The molecule has 1 aromatic carbocycles. The molecule has 0 aliphatic rings. The molecule has 1 aromatic heterocycles. The van der Waals surface area contributed by atoms with Crippen LogP contribution < -0.4 is 11.3 Å². The van der Waals surface area contributed by atoms with E-state index in [0.29, 0.717) is 6.54 Å². The van der Waals surface area contributed by atoms with Crippen LogP contribution in [0.4, 0.5) is 8.78 Å². The summed E-state index contributed by atoms with van der Waals surface area (Å²) in [5.74, 6) is 4.42. The van der Waals surface area contributed by atoms with Crippen LogP contribution in [0.1, 0.15) is 29.9 Å². The largest absolute Gasteiger partial charge is 0.271 e. The van der Waals surface area contributed by atoms with Crippen molar-refractivity contribution < 1.29 is 8.78 Å². The third-order valence-corrected chi connectivity index (χ3v) is 3.26. The van der Waals surface area contributed by atoms with Crippen LogP contribution in [0.15, 0.2) is 24.3 Å². The third kappa shape index (κ3) is 2.86. The molecule has 0 spiro atoms. The van der Waals surface area contributed by atoms with E-state index in [2.05, 4.69) is 10.5 Å². The van der Waals surface area contributed by atoms with E-state index in [9.17, 15) is 8.78 Å². The average molecular weight is 280 g/mol. The number of halogens is 2. The first-order chi connectivity index (χ1) is 9.56. The Hall–Kier alpha value is -1.79. The summed E-state index contributed by atoms with van der Waals surface area (Å²) < 4.78 is 29.2. The minimum atomic E-state index is -0.565. The number of nitrogens with two attached hydrogens (primary N) is 1. The van der Waals surface area contributed by atoms with Gasteiger partial charge in [-0.1, -0.05) is 6.07 Å². The minimum Gasteiger partial charge on any atom is -0.271 e. The Morgan fingerprint density at radius 1 is 1.35 bits per heavy atom. The van der Waals surface area contributed by atoms with Crippen molar-refractivity contribution in [1.29, 1.82) is 0 Å². The van der Waals surface area contributed by atoms with Gasteiger partial charge in [-0.2, -0.15) is 5.10 Å². The maximum absolute atomic E-state index is 13.7. The summed E-state index contributed by atoms with van der Waals surface area (Å²) in [6.45, 7) is 4.49. The summed E-state index contributed by atoms with van der Waals surface area (Å²) in [5.41, 5.74) is 4.30. The van der Waals surface area contributed by atoms with Crippen LogP contribution in [0.2, 0.25) is 0 Å². The molecule has 0 aliphatic heterocycles. The fraction of sp³-hybridized carbons (Fsp3) is 0.357. The predicted octanol–water partition coefficient (Wildman–Crippen LogP) is 2.24. The fourth-order valence-electron chi connectivity index (χ4n) is 2.28. The van der Waals surface area contributed by atoms with Crippen molar-refractivity contribution in [2.24, 2.45) is 5.84 Å². The number of nitrogens with zero attached hydrogens (tertiary/aromatic N) is 2. The molecule has 3 N–H and O–H groups in total. The molecule has 108 valence electrons. The zero-order chi connectivity index (χ0) is 14.7. The van der Waals surface area contributed by atoms with E-state index in [-0.39, 0.29) is 12.0 Å². The number of nitrogens with one attached hydrogen (secondary N) is 1. The van der Waals surface area contributed by atoms with Crippen molar-refractivity contribution in [1.82, 2.24) is 15.2 Å². The number of rotatable bonds is 5. The fourth-order valence-corrected chi connectivity index (χ4v) is 2.28. The van der Waals surface area contributed by atoms with Gasteiger partial charge in [-0.15, -0.1) is 0 Å². The van der Waals surface area contributed by atoms with Crippen molar-refractivity contribution in [3.05, 3.63) is 52.9 Å². The lowest BCUT2D eigenvalue weighted by Gasteiger charge is -2.18. The number of aryl methyl sites for hydroxylation is 2. The molecule has 0 saturated heterocycles. The van der Waals surface area contributed by atoms with Gasteiger partial charge in [0.15, 0.2) is 0 Å². The van der Waals surface area contributed by atoms with Crippen LogP contribution >= 0.6 is 0 Å². The standard InChI is InChI=1S/C14H18F2N4/c1-3-20-14(7-9(2)19-20)13(18-17)8-10-11(15)5-4-6-12(10)16/h4-7,13,18H,3,8,17H2,1-2H3. The highest BCUT2D eigenvalue weighted by Gasteiger charge is 2.20. The monoisotopic (exact) mass is 280 g/mol. The van der Waals surface area contributed by atoms with Gasteiger partial charge in [-0.25, -0.2) is 8.78 Å². The number of hydrogen-bond acceptors (Lipinski definition) is 3. The molecule has 2 rings (SSSR count). The lowest BCUT2D eigenvalue weighted by molar-refractivity contribution is 0.466. The minimum absolute atomic E-state index is 0.0250. The predicted molar refractivity (Wildman–Crippen MR) is 72.8 cm³/mol. The Morgan fingerprint density at radius 2 is 2.00 bits per heavy atom. The van der Waals surface area contributed by atoms with E-state index in [4.69, 9.17) is 5.84 Å². The van der Waals surface area contributed by atoms with Gasteiger partial charge < -0.3 is 0 Å². The van der Waals surface area contributed by atoms with E-state index < -0.39 is 17.7 Å². The zero-order valence-corrected chi connectivity index (χ0v) is 11.5. The molecule has 0 fully saturated rings. The highest BCUT2D eigenvalue weighted by Crippen LogP contribution is 2.22. The summed E-state index contributed by atoms with van der Waals surface area (Å²) in [5, 5.41) is 4.32. The molecule has 0 aliphatic carbocycles. The van der Waals surface area contributed by atoms with Crippen LogP contribution in [0.25, 0.3) is 0 Å². The highest BCUT2D eigenvalue weighted by atomic mass is 19.1. The topological polar surface area (TPSA) is 55.9 Å². The molecule has 20 heavy (non-hydrogen) atoms. The van der Waals surface area contributed by atoms with Crippen LogP contribution in [0.5, 0.6) is 0 Å². The van der Waals surface area contributed by atoms with Gasteiger partial charge in [0, 0.05) is 18.5 Å². The molecule has 1 unspecified atom stereocenters. The number of hydrogen-bond donors (Lipinski definition) is 2. The van der Waals surface area contributed by atoms with E-state index in [0.717, 1.165) is 11.4 Å². The molecular weight excluding hydrogens is 262 g/mol. The smallest absolute Gasteiger partial charge is 0.129 e. The van der Waals surface area contributed by atoms with E-state index in [1.807, 2.05) is 19.9 Å². The van der Waals surface area contributed by atoms with Gasteiger partial charge in [0.2, 0.25) is 0 Å². The summed E-state index contributed by atoms with van der Waals surface area (Å²) >= 11 is 0. The van der Waals surface area contributed by atoms with Crippen molar-refractivity contribution in [2.45, 2.75) is 32.9 Å². The second kappa shape index (κ2) is 6.11. The number of benzene rings is 1. The molecule has 0 amide bonds. The van der Waals surface area contributed by atoms with Crippen LogP contribution in [-0.4, -0.2) is 9.78 Å². The quantitative estimate of drug-likeness (QED) is 0.652. The Labute approximate surface area is 116 Å².